The van der Waals surface area contributed by atoms with Gasteiger partial charge >= 0.3 is 0 Å². The molecule has 0 bridgehead atoms. The Balaban J connectivity index is 2.21. The highest BCUT2D eigenvalue weighted by Crippen LogP contribution is 2.25. The fourth-order valence-electron chi connectivity index (χ4n) is 1.64. The van der Waals surface area contributed by atoms with Crippen molar-refractivity contribution in [3.63, 3.8) is 0 Å². The van der Waals surface area contributed by atoms with Crippen molar-refractivity contribution in [2.75, 3.05) is 13.7 Å². The Kier molecular flexibility index (Phi) is 5.04. The van der Waals surface area contributed by atoms with E-state index in [0.717, 1.165) is 27.8 Å². The Labute approximate surface area is 122 Å². The number of hydrogen-bond acceptors (Lipinski definition) is 5. The molecule has 1 aromatic heterocycles. The highest BCUT2D eigenvalue weighted by atomic mass is 32.2. The summed E-state index contributed by atoms with van der Waals surface area (Å²) in [5.41, 5.74) is 7.49. The summed E-state index contributed by atoms with van der Waals surface area (Å²) >= 11 is 1.61. The van der Waals surface area contributed by atoms with E-state index in [0.29, 0.717) is 6.54 Å². The van der Waals surface area contributed by atoms with Crippen LogP contribution in [0.1, 0.15) is 11.1 Å². The largest absolute Gasteiger partial charge is 0.497 e. The van der Waals surface area contributed by atoms with Crippen LogP contribution in [0.15, 0.2) is 29.7 Å². The summed E-state index contributed by atoms with van der Waals surface area (Å²) in [6.07, 6.45) is 1.54. The van der Waals surface area contributed by atoms with E-state index in [1.54, 1.807) is 29.9 Å². The van der Waals surface area contributed by atoms with E-state index in [4.69, 9.17) is 10.5 Å². The maximum Gasteiger partial charge on any atom is 0.186 e. The molecule has 2 N–H and O–H groups in total. The van der Waals surface area contributed by atoms with Crippen molar-refractivity contribution < 1.29 is 4.74 Å². The summed E-state index contributed by atoms with van der Waals surface area (Å²) in [4.78, 5) is 4.19. The third-order valence-corrected chi connectivity index (χ3v) is 3.75. The molecule has 0 unspecified atom stereocenters. The molecule has 20 heavy (non-hydrogen) atoms. The first-order valence-electron chi connectivity index (χ1n) is 6.07. The number of methoxy groups -OCH3 is 1. The van der Waals surface area contributed by atoms with Crippen molar-refractivity contribution in [3.8, 4) is 17.6 Å². The van der Waals surface area contributed by atoms with Crippen LogP contribution in [0.3, 0.4) is 0 Å². The average Bonchev–Trinajstić information content (AvgIpc) is 2.88. The molecule has 0 saturated carbocycles. The number of ether oxygens (including phenoxy) is 1. The number of hydrogen-bond donors (Lipinski definition) is 1. The number of aromatic nitrogens is 3. The van der Waals surface area contributed by atoms with E-state index in [2.05, 4.69) is 21.9 Å². The lowest BCUT2D eigenvalue weighted by Gasteiger charge is -2.07. The van der Waals surface area contributed by atoms with Gasteiger partial charge in [-0.2, -0.15) is 5.10 Å². The number of thioether (sulfide) groups is 1. The molecule has 0 saturated heterocycles. The van der Waals surface area contributed by atoms with Crippen LogP contribution in [-0.4, -0.2) is 28.4 Å². The molecule has 1 heterocycles. The van der Waals surface area contributed by atoms with Gasteiger partial charge in [0.25, 0.3) is 0 Å². The molecule has 0 aliphatic rings. The molecule has 0 aliphatic heterocycles. The quantitative estimate of drug-likeness (QED) is 0.681. The van der Waals surface area contributed by atoms with Crippen LogP contribution >= 0.6 is 11.8 Å². The fourth-order valence-corrected chi connectivity index (χ4v) is 2.52. The first kappa shape index (κ1) is 14.4. The van der Waals surface area contributed by atoms with Gasteiger partial charge in [-0.25, -0.2) is 9.67 Å². The number of benzene rings is 1. The second-order valence-corrected chi connectivity index (χ2v) is 4.93. The van der Waals surface area contributed by atoms with E-state index in [1.165, 1.54) is 0 Å². The molecule has 5 nitrogen and oxygen atoms in total. The van der Waals surface area contributed by atoms with Crippen LogP contribution in [0.2, 0.25) is 0 Å². The van der Waals surface area contributed by atoms with E-state index >= 15 is 0 Å². The lowest BCUT2D eigenvalue weighted by molar-refractivity contribution is 0.414. The molecule has 0 aliphatic carbocycles. The molecule has 0 fully saturated rings. The number of nitrogens with zero attached hydrogens (tertiary/aromatic N) is 3. The summed E-state index contributed by atoms with van der Waals surface area (Å²) in [5.74, 6) is 7.53. The predicted octanol–water partition coefficient (Wildman–Crippen LogP) is 1.43. The molecule has 0 amide bonds. The summed E-state index contributed by atoms with van der Waals surface area (Å²) in [7, 11) is 3.52. The van der Waals surface area contributed by atoms with Gasteiger partial charge in [-0.05, 0) is 23.8 Å². The van der Waals surface area contributed by atoms with Gasteiger partial charge in [-0.3, -0.25) is 0 Å². The highest BCUT2D eigenvalue weighted by molar-refractivity contribution is 7.98. The summed E-state index contributed by atoms with van der Waals surface area (Å²) < 4.78 is 7.01. The van der Waals surface area contributed by atoms with Crippen LogP contribution in [0.25, 0.3) is 0 Å². The van der Waals surface area contributed by atoms with Gasteiger partial charge in [0.05, 0.1) is 13.7 Å². The fraction of sp³-hybridized carbons (Fsp3) is 0.286. The van der Waals surface area contributed by atoms with Gasteiger partial charge in [0.1, 0.15) is 12.1 Å². The normalized spacial score (nSPS) is 9.95. The second kappa shape index (κ2) is 6.98. The van der Waals surface area contributed by atoms with Crippen LogP contribution < -0.4 is 10.5 Å². The third kappa shape index (κ3) is 3.53. The summed E-state index contributed by atoms with van der Waals surface area (Å²) in [6.45, 7) is 0.349. The average molecular weight is 288 g/mol. The van der Waals surface area contributed by atoms with Crippen LogP contribution in [0, 0.1) is 11.8 Å². The van der Waals surface area contributed by atoms with E-state index in [1.807, 2.05) is 25.2 Å². The van der Waals surface area contributed by atoms with Crippen molar-refractivity contribution in [2.24, 2.45) is 12.8 Å². The zero-order valence-corrected chi connectivity index (χ0v) is 12.3. The Morgan fingerprint density at radius 3 is 2.95 bits per heavy atom. The van der Waals surface area contributed by atoms with E-state index in [-0.39, 0.29) is 0 Å². The molecule has 0 radical (unpaired) electrons. The minimum Gasteiger partial charge on any atom is -0.497 e. The van der Waals surface area contributed by atoms with Crippen LogP contribution in [0.5, 0.6) is 5.75 Å². The Morgan fingerprint density at radius 1 is 1.45 bits per heavy atom. The topological polar surface area (TPSA) is 66.0 Å². The molecule has 0 atom stereocenters. The summed E-state index contributed by atoms with van der Waals surface area (Å²) in [6, 6.07) is 5.84. The van der Waals surface area contributed by atoms with Gasteiger partial charge in [0.2, 0.25) is 0 Å². The van der Waals surface area contributed by atoms with Crippen molar-refractivity contribution in [3.05, 3.63) is 35.7 Å². The van der Waals surface area contributed by atoms with Gasteiger partial charge in [-0.15, -0.1) is 0 Å². The minimum atomic E-state index is 0.349. The van der Waals surface area contributed by atoms with Gasteiger partial charge in [-0.1, -0.05) is 23.6 Å². The van der Waals surface area contributed by atoms with E-state index < -0.39 is 0 Å². The van der Waals surface area contributed by atoms with Gasteiger partial charge in [0.15, 0.2) is 5.16 Å². The smallest absolute Gasteiger partial charge is 0.186 e. The zero-order valence-electron chi connectivity index (χ0n) is 11.5. The van der Waals surface area contributed by atoms with Crippen molar-refractivity contribution in [2.45, 2.75) is 10.9 Å². The van der Waals surface area contributed by atoms with E-state index in [9.17, 15) is 0 Å². The van der Waals surface area contributed by atoms with Crippen molar-refractivity contribution in [1.29, 1.82) is 0 Å². The molecule has 6 heteroatoms. The standard InChI is InChI=1S/C14H16N4OS/c1-18-14(16-10-17-18)20-9-12-8-13(19-2)6-5-11(12)4-3-7-15/h5-6,8,10H,7,9,15H2,1-2H3. The molecule has 2 aromatic rings. The number of rotatable bonds is 4. The van der Waals surface area contributed by atoms with Crippen LogP contribution in [0.4, 0.5) is 0 Å². The number of aryl methyl sites for hydroxylation is 1. The molecule has 0 spiro atoms. The second-order valence-electron chi connectivity index (χ2n) is 3.98. The predicted molar refractivity (Wildman–Crippen MR) is 79.5 cm³/mol. The van der Waals surface area contributed by atoms with Crippen molar-refractivity contribution in [1.82, 2.24) is 14.8 Å². The lowest BCUT2D eigenvalue weighted by atomic mass is 10.1. The Hall–Kier alpha value is -1.97. The Bertz CT molecular complexity index is 642. The first-order valence-corrected chi connectivity index (χ1v) is 7.05. The molecule has 2 rings (SSSR count). The minimum absolute atomic E-state index is 0.349. The summed E-state index contributed by atoms with van der Waals surface area (Å²) in [5, 5.41) is 4.92. The SMILES string of the molecule is COc1ccc(C#CCN)c(CSc2ncnn2C)c1. The third-order valence-electron chi connectivity index (χ3n) is 2.66. The number of nitrogens with two attached hydrogens (primary N) is 1. The Morgan fingerprint density at radius 2 is 2.30 bits per heavy atom. The highest BCUT2D eigenvalue weighted by Gasteiger charge is 2.06. The van der Waals surface area contributed by atoms with Crippen molar-refractivity contribution >= 4 is 11.8 Å². The monoisotopic (exact) mass is 288 g/mol. The molecule has 1 aromatic carbocycles. The molecular formula is C14H16N4OS. The molecule has 104 valence electrons. The maximum absolute atomic E-state index is 5.43. The lowest BCUT2D eigenvalue weighted by Crippen LogP contribution is -1.96. The van der Waals surface area contributed by atoms with Gasteiger partial charge in [0, 0.05) is 18.4 Å². The molecular weight excluding hydrogens is 272 g/mol. The van der Waals surface area contributed by atoms with Crippen LogP contribution in [-0.2, 0) is 12.8 Å². The zero-order chi connectivity index (χ0) is 14.4. The first-order chi connectivity index (χ1) is 9.74. The van der Waals surface area contributed by atoms with Gasteiger partial charge < -0.3 is 10.5 Å². The maximum atomic E-state index is 5.43.